The molecule has 0 saturated heterocycles. The predicted octanol–water partition coefficient (Wildman–Crippen LogP) is 1.79. The van der Waals surface area contributed by atoms with E-state index in [2.05, 4.69) is 10.6 Å². The second kappa shape index (κ2) is 6.99. The highest BCUT2D eigenvalue weighted by Gasteiger charge is 2.12. The number of non-ortho nitro benzene ring substituents is 1. The third-order valence-corrected chi connectivity index (χ3v) is 3.50. The van der Waals surface area contributed by atoms with Crippen LogP contribution in [0.4, 0.5) is 16.2 Å². The smallest absolute Gasteiger partial charge is 0.319 e. The van der Waals surface area contributed by atoms with Crippen LogP contribution in [-0.4, -0.2) is 33.2 Å². The van der Waals surface area contributed by atoms with Gasteiger partial charge in [0.1, 0.15) is 0 Å². The number of carbonyl (C=O) groups is 1. The molecule has 0 aromatic heterocycles. The van der Waals surface area contributed by atoms with Crippen LogP contribution in [-0.2, 0) is 10.8 Å². The van der Waals surface area contributed by atoms with Crippen molar-refractivity contribution in [3.8, 4) is 0 Å². The van der Waals surface area contributed by atoms with E-state index in [-0.39, 0.29) is 11.7 Å². The molecule has 0 fully saturated rings. The Balaban J connectivity index is 2.67. The van der Waals surface area contributed by atoms with Gasteiger partial charge in [-0.1, -0.05) is 0 Å². The van der Waals surface area contributed by atoms with E-state index in [0.29, 0.717) is 17.0 Å². The van der Waals surface area contributed by atoms with Crippen LogP contribution in [0.1, 0.15) is 12.5 Å². The Morgan fingerprint density at radius 3 is 2.65 bits per heavy atom. The second-order valence-corrected chi connectivity index (χ2v) is 5.98. The first-order valence-corrected chi connectivity index (χ1v) is 7.65. The number of benzene rings is 1. The first-order valence-electron chi connectivity index (χ1n) is 5.92. The summed E-state index contributed by atoms with van der Waals surface area (Å²) in [5.74, 6) is 0.368. The van der Waals surface area contributed by atoms with Crippen molar-refractivity contribution in [2.24, 2.45) is 0 Å². The highest BCUT2D eigenvalue weighted by molar-refractivity contribution is 7.84. The normalized spacial score (nSPS) is 13.3. The van der Waals surface area contributed by atoms with E-state index in [1.54, 1.807) is 20.1 Å². The Labute approximate surface area is 119 Å². The van der Waals surface area contributed by atoms with Crippen LogP contribution >= 0.6 is 0 Å². The van der Waals surface area contributed by atoms with E-state index >= 15 is 0 Å². The molecule has 8 heteroatoms. The van der Waals surface area contributed by atoms with Crippen LogP contribution in [0.3, 0.4) is 0 Å². The molecule has 0 aliphatic heterocycles. The molecular weight excluding hydrogens is 282 g/mol. The number of hydrogen-bond acceptors (Lipinski definition) is 4. The predicted molar refractivity (Wildman–Crippen MR) is 78.4 cm³/mol. The lowest BCUT2D eigenvalue weighted by atomic mass is 10.2. The van der Waals surface area contributed by atoms with E-state index < -0.39 is 21.8 Å². The average molecular weight is 299 g/mol. The molecular formula is C12H17N3O4S. The minimum atomic E-state index is -0.989. The molecule has 0 aliphatic carbocycles. The first-order chi connectivity index (χ1) is 9.29. The van der Waals surface area contributed by atoms with Gasteiger partial charge in [0.2, 0.25) is 0 Å². The third-order valence-electron chi connectivity index (χ3n) is 2.53. The van der Waals surface area contributed by atoms with E-state index in [0.717, 1.165) is 0 Å². The Hall–Kier alpha value is -1.96. The summed E-state index contributed by atoms with van der Waals surface area (Å²) >= 11 is 0. The van der Waals surface area contributed by atoms with Crippen molar-refractivity contribution in [3.05, 3.63) is 33.9 Å². The Morgan fingerprint density at radius 2 is 2.15 bits per heavy atom. The van der Waals surface area contributed by atoms with Crippen LogP contribution in [0, 0.1) is 17.0 Å². The summed E-state index contributed by atoms with van der Waals surface area (Å²) in [6, 6.07) is 3.54. The number of amides is 2. The van der Waals surface area contributed by atoms with Gasteiger partial charge >= 0.3 is 6.03 Å². The summed E-state index contributed by atoms with van der Waals surface area (Å²) in [6.07, 6.45) is 1.57. The zero-order valence-corrected chi connectivity index (χ0v) is 12.3. The maximum absolute atomic E-state index is 11.7. The fraction of sp³-hybridized carbons (Fsp3) is 0.417. The monoisotopic (exact) mass is 299 g/mol. The van der Waals surface area contributed by atoms with Crippen molar-refractivity contribution in [2.45, 2.75) is 19.9 Å². The molecule has 2 N–H and O–H groups in total. The van der Waals surface area contributed by atoms with Crippen LogP contribution in [0.2, 0.25) is 0 Å². The molecule has 7 nitrogen and oxygen atoms in total. The molecule has 1 aromatic carbocycles. The minimum Gasteiger partial charge on any atom is -0.334 e. The van der Waals surface area contributed by atoms with Gasteiger partial charge < -0.3 is 10.6 Å². The standard InChI is InChI=1S/C12H17N3O4S/c1-8-6-10(15(17)18)4-5-11(8)14-12(16)13-9(2)7-20(3)19/h4-6,9H,7H2,1-3H3,(H2,13,14,16)/t9-,20+/m0/s1. The highest BCUT2D eigenvalue weighted by atomic mass is 32.2. The molecule has 20 heavy (non-hydrogen) atoms. The first kappa shape index (κ1) is 16.1. The number of carbonyl (C=O) groups excluding carboxylic acids is 1. The Morgan fingerprint density at radius 1 is 1.50 bits per heavy atom. The maximum Gasteiger partial charge on any atom is 0.319 e. The van der Waals surface area contributed by atoms with Crippen LogP contribution < -0.4 is 10.6 Å². The van der Waals surface area contributed by atoms with Gasteiger partial charge in [0.15, 0.2) is 0 Å². The summed E-state index contributed by atoms with van der Waals surface area (Å²) in [5.41, 5.74) is 1.07. The Kier molecular flexibility index (Phi) is 5.63. The van der Waals surface area contributed by atoms with Crippen molar-refractivity contribution < 1.29 is 13.9 Å². The fourth-order valence-electron chi connectivity index (χ4n) is 1.68. The fourth-order valence-corrected chi connectivity index (χ4v) is 2.47. The molecule has 0 bridgehead atoms. The zero-order chi connectivity index (χ0) is 15.3. The summed E-state index contributed by atoms with van der Waals surface area (Å²) in [7, 11) is -0.989. The quantitative estimate of drug-likeness (QED) is 0.639. The molecule has 0 aliphatic rings. The van der Waals surface area contributed by atoms with Gasteiger partial charge in [-0.2, -0.15) is 0 Å². The molecule has 2 atom stereocenters. The largest absolute Gasteiger partial charge is 0.334 e. The van der Waals surface area contributed by atoms with Crippen molar-refractivity contribution >= 4 is 28.2 Å². The summed E-state index contributed by atoms with van der Waals surface area (Å²) in [5, 5.41) is 15.9. The van der Waals surface area contributed by atoms with Gasteiger partial charge in [-0.05, 0) is 25.5 Å². The number of rotatable bonds is 5. The number of hydrogen-bond donors (Lipinski definition) is 2. The molecule has 110 valence electrons. The second-order valence-electron chi connectivity index (χ2n) is 4.50. The number of nitrogens with one attached hydrogen (secondary N) is 2. The van der Waals surface area contributed by atoms with Crippen molar-refractivity contribution in [2.75, 3.05) is 17.3 Å². The van der Waals surface area contributed by atoms with Crippen LogP contribution in [0.5, 0.6) is 0 Å². The maximum atomic E-state index is 11.7. The third kappa shape index (κ3) is 4.96. The molecule has 0 saturated carbocycles. The zero-order valence-electron chi connectivity index (χ0n) is 11.5. The van der Waals surface area contributed by atoms with Crippen LogP contribution in [0.25, 0.3) is 0 Å². The van der Waals surface area contributed by atoms with E-state index in [4.69, 9.17) is 0 Å². The lowest BCUT2D eigenvalue weighted by Gasteiger charge is -2.14. The molecule has 0 spiro atoms. The van der Waals surface area contributed by atoms with Gasteiger partial charge in [-0.15, -0.1) is 0 Å². The molecule has 1 rings (SSSR count). The number of anilines is 1. The van der Waals surface area contributed by atoms with Gasteiger partial charge in [0.25, 0.3) is 5.69 Å². The average Bonchev–Trinajstić information content (AvgIpc) is 2.30. The van der Waals surface area contributed by atoms with E-state index in [9.17, 15) is 19.1 Å². The Bertz CT molecular complexity index is 548. The van der Waals surface area contributed by atoms with Gasteiger partial charge in [-0.25, -0.2) is 4.79 Å². The van der Waals surface area contributed by atoms with Gasteiger partial charge in [-0.3, -0.25) is 14.3 Å². The van der Waals surface area contributed by atoms with Gasteiger partial charge in [0, 0.05) is 46.7 Å². The summed E-state index contributed by atoms with van der Waals surface area (Å²) in [6.45, 7) is 3.43. The van der Waals surface area contributed by atoms with Crippen molar-refractivity contribution in [1.82, 2.24) is 5.32 Å². The molecule has 0 radical (unpaired) electrons. The van der Waals surface area contributed by atoms with Crippen LogP contribution in [0.15, 0.2) is 18.2 Å². The van der Waals surface area contributed by atoms with E-state index in [1.807, 2.05) is 0 Å². The number of aryl methyl sites for hydroxylation is 1. The molecule has 0 unspecified atom stereocenters. The summed E-state index contributed by atoms with van der Waals surface area (Å²) < 4.78 is 11.0. The number of nitro benzene ring substituents is 1. The van der Waals surface area contributed by atoms with E-state index in [1.165, 1.54) is 18.2 Å². The SMILES string of the molecule is Cc1cc([N+](=O)[O-])ccc1NC(=O)N[C@@H](C)C[S@@](C)=O. The molecule has 0 heterocycles. The minimum absolute atomic E-state index is 0.0248. The molecule has 2 amide bonds. The van der Waals surface area contributed by atoms with Crippen molar-refractivity contribution in [3.63, 3.8) is 0 Å². The van der Waals surface area contributed by atoms with Crippen molar-refractivity contribution in [1.29, 1.82) is 0 Å². The lowest BCUT2D eigenvalue weighted by molar-refractivity contribution is -0.384. The highest BCUT2D eigenvalue weighted by Crippen LogP contribution is 2.20. The van der Waals surface area contributed by atoms with Gasteiger partial charge in [0.05, 0.1) is 4.92 Å². The summed E-state index contributed by atoms with van der Waals surface area (Å²) in [4.78, 5) is 21.8. The topological polar surface area (TPSA) is 101 Å². The number of nitrogens with zero attached hydrogens (tertiary/aromatic N) is 1. The number of nitro groups is 1. The lowest BCUT2D eigenvalue weighted by Crippen LogP contribution is -2.39. The molecule has 1 aromatic rings. The number of urea groups is 1.